The maximum atomic E-state index is 5.57. The quantitative estimate of drug-likeness (QED) is 0.590. The molecule has 0 aromatic heterocycles. The van der Waals surface area contributed by atoms with Crippen LogP contribution in [0.5, 0.6) is 0 Å². The summed E-state index contributed by atoms with van der Waals surface area (Å²) in [4.78, 5) is 0. The summed E-state index contributed by atoms with van der Waals surface area (Å²) in [6.07, 6.45) is 2.21. The fourth-order valence-electron chi connectivity index (χ4n) is 0.668. The Bertz CT molecular complexity index is 41.8. The molecule has 2 N–H and O–H groups in total. The minimum absolute atomic E-state index is 0.241. The smallest absolute Gasteiger partial charge is 0.0613 e. The molecule has 2 nitrogen and oxygen atoms in total. The van der Waals surface area contributed by atoms with E-state index in [1.54, 1.807) is 7.11 Å². The summed E-state index contributed by atoms with van der Waals surface area (Å²) in [7, 11) is 1.68. The molecular formula is C6H15NO. The van der Waals surface area contributed by atoms with Gasteiger partial charge in [-0.3, -0.25) is 0 Å². The van der Waals surface area contributed by atoms with Gasteiger partial charge in [0.05, 0.1) is 6.61 Å². The van der Waals surface area contributed by atoms with Crippen molar-refractivity contribution in [2.45, 2.75) is 25.8 Å². The standard InChI is InChI=1S/C6H15NO/c1-3-4-6(7)5-8-2/h6H,3-5,7H2,1-2H3/t6-/m0/s1. The van der Waals surface area contributed by atoms with Crippen LogP contribution in [0.15, 0.2) is 0 Å². The van der Waals surface area contributed by atoms with Gasteiger partial charge in [0.1, 0.15) is 0 Å². The Labute approximate surface area is 51.0 Å². The Kier molecular flexibility index (Phi) is 5.01. The van der Waals surface area contributed by atoms with E-state index in [1.807, 2.05) is 0 Å². The summed E-state index contributed by atoms with van der Waals surface area (Å²) in [5, 5.41) is 0. The van der Waals surface area contributed by atoms with E-state index < -0.39 is 0 Å². The normalized spacial score (nSPS) is 13.9. The van der Waals surface area contributed by atoms with Gasteiger partial charge in [-0.05, 0) is 6.42 Å². The predicted molar refractivity (Wildman–Crippen MR) is 34.8 cm³/mol. The monoisotopic (exact) mass is 117 g/mol. The van der Waals surface area contributed by atoms with Crippen LogP contribution >= 0.6 is 0 Å². The highest BCUT2D eigenvalue weighted by Crippen LogP contribution is 1.91. The fourth-order valence-corrected chi connectivity index (χ4v) is 0.668. The first-order valence-corrected chi connectivity index (χ1v) is 3.05. The minimum atomic E-state index is 0.241. The van der Waals surface area contributed by atoms with Crippen LogP contribution < -0.4 is 5.73 Å². The third-order valence-corrected chi connectivity index (χ3v) is 1.04. The molecule has 50 valence electrons. The van der Waals surface area contributed by atoms with E-state index in [9.17, 15) is 0 Å². The van der Waals surface area contributed by atoms with Crippen LogP contribution in [0.25, 0.3) is 0 Å². The molecule has 0 saturated carbocycles. The minimum Gasteiger partial charge on any atom is -0.383 e. The Morgan fingerprint density at radius 3 is 2.62 bits per heavy atom. The summed E-state index contributed by atoms with van der Waals surface area (Å²) in [6.45, 7) is 2.81. The second-order valence-corrected chi connectivity index (χ2v) is 2.00. The van der Waals surface area contributed by atoms with Gasteiger partial charge in [-0.15, -0.1) is 0 Å². The van der Waals surface area contributed by atoms with Crippen molar-refractivity contribution in [2.24, 2.45) is 5.73 Å². The van der Waals surface area contributed by atoms with Crippen molar-refractivity contribution in [1.82, 2.24) is 0 Å². The van der Waals surface area contributed by atoms with Gasteiger partial charge in [-0.1, -0.05) is 13.3 Å². The fraction of sp³-hybridized carbons (Fsp3) is 1.00. The van der Waals surface area contributed by atoms with Crippen LogP contribution in [0.1, 0.15) is 19.8 Å². The first-order chi connectivity index (χ1) is 3.81. The number of rotatable bonds is 4. The van der Waals surface area contributed by atoms with Gasteiger partial charge in [0.25, 0.3) is 0 Å². The molecule has 0 fully saturated rings. The lowest BCUT2D eigenvalue weighted by atomic mass is 10.2. The zero-order valence-electron chi connectivity index (χ0n) is 5.68. The van der Waals surface area contributed by atoms with E-state index in [0.29, 0.717) is 6.61 Å². The Morgan fingerprint density at radius 2 is 2.25 bits per heavy atom. The van der Waals surface area contributed by atoms with E-state index in [1.165, 1.54) is 0 Å². The molecule has 0 bridgehead atoms. The van der Waals surface area contributed by atoms with Crippen LogP contribution in [0.3, 0.4) is 0 Å². The van der Waals surface area contributed by atoms with Crippen molar-refractivity contribution in [2.75, 3.05) is 13.7 Å². The Morgan fingerprint density at radius 1 is 1.62 bits per heavy atom. The van der Waals surface area contributed by atoms with Crippen molar-refractivity contribution in [3.05, 3.63) is 0 Å². The molecule has 0 heterocycles. The lowest BCUT2D eigenvalue weighted by Gasteiger charge is -2.06. The third-order valence-electron chi connectivity index (χ3n) is 1.04. The highest BCUT2D eigenvalue weighted by atomic mass is 16.5. The van der Waals surface area contributed by atoms with E-state index in [2.05, 4.69) is 6.92 Å². The molecule has 0 saturated heterocycles. The molecule has 0 rings (SSSR count). The molecular weight excluding hydrogens is 102 g/mol. The maximum Gasteiger partial charge on any atom is 0.0613 e. The lowest BCUT2D eigenvalue weighted by molar-refractivity contribution is 0.176. The van der Waals surface area contributed by atoms with E-state index in [4.69, 9.17) is 10.5 Å². The SMILES string of the molecule is CCC[C@H](N)COC. The lowest BCUT2D eigenvalue weighted by Crippen LogP contribution is -2.24. The second-order valence-electron chi connectivity index (χ2n) is 2.00. The zero-order valence-corrected chi connectivity index (χ0v) is 5.68. The van der Waals surface area contributed by atoms with Crippen LogP contribution in [0.2, 0.25) is 0 Å². The molecule has 0 unspecified atom stereocenters. The average molecular weight is 117 g/mol. The molecule has 2 heteroatoms. The van der Waals surface area contributed by atoms with Gasteiger partial charge < -0.3 is 10.5 Å². The summed E-state index contributed by atoms with van der Waals surface area (Å²) < 4.78 is 4.83. The number of hydrogen-bond donors (Lipinski definition) is 1. The summed E-state index contributed by atoms with van der Waals surface area (Å²) in [5.74, 6) is 0. The van der Waals surface area contributed by atoms with Crippen molar-refractivity contribution < 1.29 is 4.74 Å². The van der Waals surface area contributed by atoms with Gasteiger partial charge >= 0.3 is 0 Å². The van der Waals surface area contributed by atoms with Crippen molar-refractivity contribution in [3.63, 3.8) is 0 Å². The molecule has 0 aliphatic rings. The van der Waals surface area contributed by atoms with Crippen LogP contribution in [-0.4, -0.2) is 19.8 Å². The summed E-state index contributed by atoms with van der Waals surface area (Å²) in [6, 6.07) is 0.241. The number of nitrogens with two attached hydrogens (primary N) is 1. The summed E-state index contributed by atoms with van der Waals surface area (Å²) in [5.41, 5.74) is 5.57. The van der Waals surface area contributed by atoms with Crippen molar-refractivity contribution in [1.29, 1.82) is 0 Å². The Hall–Kier alpha value is -0.0800. The molecule has 0 spiro atoms. The van der Waals surface area contributed by atoms with Gasteiger partial charge in [0, 0.05) is 13.2 Å². The topological polar surface area (TPSA) is 35.2 Å². The number of ether oxygens (including phenoxy) is 1. The van der Waals surface area contributed by atoms with E-state index >= 15 is 0 Å². The largest absolute Gasteiger partial charge is 0.383 e. The van der Waals surface area contributed by atoms with Gasteiger partial charge in [0.2, 0.25) is 0 Å². The van der Waals surface area contributed by atoms with E-state index in [0.717, 1.165) is 12.8 Å². The van der Waals surface area contributed by atoms with Gasteiger partial charge in [-0.25, -0.2) is 0 Å². The molecule has 0 amide bonds. The Balaban J connectivity index is 2.92. The predicted octanol–water partition coefficient (Wildman–Crippen LogP) is 0.760. The molecule has 0 radical (unpaired) electrons. The molecule has 0 aromatic rings. The molecule has 0 aliphatic carbocycles. The van der Waals surface area contributed by atoms with Crippen LogP contribution in [0.4, 0.5) is 0 Å². The molecule has 0 aliphatic heterocycles. The zero-order chi connectivity index (χ0) is 6.41. The molecule has 1 atom stereocenters. The first-order valence-electron chi connectivity index (χ1n) is 3.05. The van der Waals surface area contributed by atoms with E-state index in [-0.39, 0.29) is 6.04 Å². The molecule has 0 aromatic carbocycles. The van der Waals surface area contributed by atoms with Crippen LogP contribution in [0, 0.1) is 0 Å². The second kappa shape index (κ2) is 5.06. The highest BCUT2D eigenvalue weighted by molar-refractivity contribution is 4.56. The number of hydrogen-bond acceptors (Lipinski definition) is 2. The highest BCUT2D eigenvalue weighted by Gasteiger charge is 1.96. The van der Waals surface area contributed by atoms with Crippen LogP contribution in [-0.2, 0) is 4.74 Å². The molecule has 8 heavy (non-hydrogen) atoms. The summed E-state index contributed by atoms with van der Waals surface area (Å²) >= 11 is 0. The first kappa shape index (κ1) is 7.92. The third kappa shape index (κ3) is 4.09. The average Bonchev–Trinajstić information content (AvgIpc) is 1.68. The van der Waals surface area contributed by atoms with Crippen molar-refractivity contribution >= 4 is 0 Å². The number of methoxy groups -OCH3 is 1. The van der Waals surface area contributed by atoms with Gasteiger partial charge in [-0.2, -0.15) is 0 Å². The van der Waals surface area contributed by atoms with Crippen molar-refractivity contribution in [3.8, 4) is 0 Å². The van der Waals surface area contributed by atoms with Gasteiger partial charge in [0.15, 0.2) is 0 Å². The maximum absolute atomic E-state index is 5.57.